The Morgan fingerprint density at radius 2 is 1.28 bits per heavy atom. The Morgan fingerprint density at radius 3 is 1.88 bits per heavy atom. The van der Waals surface area contributed by atoms with Crippen molar-refractivity contribution in [3.05, 3.63) is 143 Å². The molecule has 21 nitrogen and oxygen atoms in total. The first kappa shape index (κ1) is 45.6. The third-order valence-corrected chi connectivity index (χ3v) is 13.3. The highest BCUT2D eigenvalue weighted by atomic mass is 32.2. The van der Waals surface area contributed by atoms with Crippen LogP contribution in [0.1, 0.15) is 11.1 Å². The van der Waals surface area contributed by atoms with E-state index in [2.05, 4.69) is 42.1 Å². The van der Waals surface area contributed by atoms with Crippen molar-refractivity contribution in [3.8, 4) is 17.3 Å². The van der Waals surface area contributed by atoms with Crippen LogP contribution in [0.15, 0.2) is 156 Å². The van der Waals surface area contributed by atoms with Gasteiger partial charge in [-0.3, -0.25) is 23.8 Å². The summed E-state index contributed by atoms with van der Waals surface area (Å²) in [7, 11) is -13.9. The highest BCUT2D eigenvalue weighted by molar-refractivity contribution is 7.86. The zero-order valence-corrected chi connectivity index (χ0v) is 37.1. The molecule has 0 fully saturated rings. The molecule has 5 N–H and O–H groups in total. The number of benzene rings is 6. The van der Waals surface area contributed by atoms with Crippen molar-refractivity contribution < 1.29 is 43.8 Å². The highest BCUT2D eigenvalue weighted by Crippen LogP contribution is 2.44. The van der Waals surface area contributed by atoms with Gasteiger partial charge in [-0.2, -0.15) is 30.5 Å². The van der Waals surface area contributed by atoms with E-state index in [4.69, 9.17) is 4.98 Å². The molecule has 0 bridgehead atoms. The van der Waals surface area contributed by atoms with Crippen LogP contribution in [0.4, 0.5) is 50.2 Å². The van der Waals surface area contributed by atoms with Gasteiger partial charge in [-0.15, -0.1) is 20.5 Å². The van der Waals surface area contributed by atoms with Gasteiger partial charge >= 0.3 is 0 Å². The molecule has 0 aliphatic rings. The zero-order chi connectivity index (χ0) is 47.8. The number of pyridine rings is 1. The molecule has 2 heterocycles. The van der Waals surface area contributed by atoms with Gasteiger partial charge < -0.3 is 10.6 Å². The summed E-state index contributed by atoms with van der Waals surface area (Å²) in [4.78, 5) is 18.6. The molecule has 0 unspecified atom stereocenters. The first-order valence-electron chi connectivity index (χ1n) is 18.9. The molecule has 0 spiro atoms. The molecule has 0 saturated heterocycles. The van der Waals surface area contributed by atoms with Gasteiger partial charge in [0.2, 0.25) is 5.13 Å². The summed E-state index contributed by atoms with van der Waals surface area (Å²) < 4.78 is 101. The number of azo groups is 2. The lowest BCUT2D eigenvalue weighted by Crippen LogP contribution is -2.05. The Labute approximate surface area is 383 Å². The number of fused-ring (bicyclic) bond motifs is 2. The monoisotopic (exact) mass is 976 g/mol. The number of nitrogens with one attached hydrogen (secondary N) is 2. The number of rotatable bonds is 13. The fourth-order valence-corrected chi connectivity index (χ4v) is 9.06. The lowest BCUT2D eigenvalue weighted by molar-refractivity contribution is -0.384. The van der Waals surface area contributed by atoms with Crippen molar-refractivity contribution in [1.82, 2.24) is 9.97 Å². The van der Waals surface area contributed by atoms with E-state index in [0.717, 1.165) is 58.5 Å². The fraction of sp³-hybridized carbons (Fsp3) is 0.0238. The average molecular weight is 977 g/mol. The minimum atomic E-state index is -4.90. The van der Waals surface area contributed by atoms with Gasteiger partial charge in [-0.05, 0) is 95.9 Å². The number of thiazole rings is 1. The van der Waals surface area contributed by atoms with Gasteiger partial charge in [0.15, 0.2) is 16.6 Å². The van der Waals surface area contributed by atoms with Crippen LogP contribution >= 0.6 is 11.3 Å². The van der Waals surface area contributed by atoms with Gasteiger partial charge in [-0.25, -0.2) is 9.97 Å². The van der Waals surface area contributed by atoms with Gasteiger partial charge in [0.25, 0.3) is 36.0 Å². The first-order chi connectivity index (χ1) is 31.7. The van der Waals surface area contributed by atoms with Crippen LogP contribution in [0.3, 0.4) is 0 Å². The Balaban J connectivity index is 1.24. The second kappa shape index (κ2) is 17.8. The lowest BCUT2D eigenvalue weighted by atomic mass is 10.1. The van der Waals surface area contributed by atoms with Gasteiger partial charge in [0.05, 0.1) is 26.0 Å². The van der Waals surface area contributed by atoms with Crippen LogP contribution in [0.5, 0.6) is 0 Å². The molecule has 0 saturated carbocycles. The van der Waals surface area contributed by atoms with Crippen LogP contribution in [0, 0.1) is 28.4 Å². The van der Waals surface area contributed by atoms with E-state index in [1.165, 1.54) is 42.5 Å². The molecule has 6 aromatic carbocycles. The SMILES string of the molecule is Cc1c(C#N)c(Nc2ccc(S(=O)(=O)O)cc2)nc(Nc2ccc(S(=O)(=O)O)cc2)c1N=Nc1nc(-c2ccc3ccccc3c2)c(N=Nc2cc(S(=O)(=O)O)c3cc([N+](=O)[O-])ccc3c2)s1. The summed E-state index contributed by atoms with van der Waals surface area (Å²) in [6, 6.07) is 31.0. The number of nitro groups is 1. The van der Waals surface area contributed by atoms with Crippen molar-refractivity contribution in [2.45, 2.75) is 21.6 Å². The average Bonchev–Trinajstić information content (AvgIpc) is 3.70. The maximum atomic E-state index is 12.5. The molecule has 8 rings (SSSR count). The van der Waals surface area contributed by atoms with Crippen LogP contribution in [0.2, 0.25) is 0 Å². The minimum absolute atomic E-state index is 0.0141. The summed E-state index contributed by atoms with van der Waals surface area (Å²) in [5.74, 6) is -0.0328. The maximum absolute atomic E-state index is 12.5. The predicted octanol–water partition coefficient (Wildman–Crippen LogP) is 10.7. The molecule has 0 aliphatic heterocycles. The van der Waals surface area contributed by atoms with Gasteiger partial charge in [0, 0.05) is 40.0 Å². The largest absolute Gasteiger partial charge is 0.339 e. The predicted molar refractivity (Wildman–Crippen MR) is 247 cm³/mol. The summed E-state index contributed by atoms with van der Waals surface area (Å²) in [6.07, 6.45) is 0. The summed E-state index contributed by atoms with van der Waals surface area (Å²) in [5, 5.41) is 47.4. The normalized spacial score (nSPS) is 12.2. The number of anilines is 4. The lowest BCUT2D eigenvalue weighted by Gasteiger charge is -2.16. The smallest absolute Gasteiger partial charge is 0.295 e. The number of nitriles is 1. The molecule has 8 aromatic rings. The molecule has 0 aliphatic carbocycles. The summed E-state index contributed by atoms with van der Waals surface area (Å²) in [5.41, 5.74) is 1.21. The number of aromatic nitrogens is 2. The third kappa shape index (κ3) is 10.00. The van der Waals surface area contributed by atoms with Crippen molar-refractivity contribution in [2.24, 2.45) is 20.5 Å². The van der Waals surface area contributed by atoms with Crippen LogP contribution in [0.25, 0.3) is 32.8 Å². The minimum Gasteiger partial charge on any atom is -0.339 e. The number of hydrogen-bond donors (Lipinski definition) is 5. The van der Waals surface area contributed by atoms with E-state index in [0.29, 0.717) is 5.56 Å². The van der Waals surface area contributed by atoms with E-state index in [1.54, 1.807) is 13.0 Å². The second-order valence-corrected chi connectivity index (χ2v) is 19.4. The van der Waals surface area contributed by atoms with E-state index < -0.39 is 45.9 Å². The van der Waals surface area contributed by atoms with Gasteiger partial charge in [0.1, 0.15) is 22.3 Å². The van der Waals surface area contributed by atoms with Crippen LogP contribution in [-0.4, -0.2) is 53.8 Å². The third-order valence-electron chi connectivity index (χ3n) is 9.84. The second-order valence-electron chi connectivity index (χ2n) is 14.2. The maximum Gasteiger partial charge on any atom is 0.295 e. The number of nitro benzene ring substituents is 1. The summed E-state index contributed by atoms with van der Waals surface area (Å²) >= 11 is 0.920. The molecule has 0 amide bonds. The number of non-ortho nitro benzene ring substituents is 1. The standard InChI is InChI=1S/C42H28N10O11S4/c1-23-35(22-43)39(44-28-9-14-32(15-10-28)65(55,56)57)47-40(45-29-11-16-33(17-12-29)66(58,59)60)37(23)49-51-42-46-38(27-7-6-24-4-2-3-5-25(24)18-27)41(64-42)50-48-30-19-26-8-13-31(52(53)54)21-34(26)36(20-30)67(61,62)63/h2-21H,1H3,(H2,44,45,47)(H,55,56,57)(H,58,59,60)(H,61,62,63). The van der Waals surface area contributed by atoms with Crippen LogP contribution in [-0.2, 0) is 30.4 Å². The Morgan fingerprint density at radius 1 is 0.672 bits per heavy atom. The molecule has 336 valence electrons. The van der Waals surface area contributed by atoms with E-state index in [-0.39, 0.29) is 81.9 Å². The van der Waals surface area contributed by atoms with E-state index >= 15 is 0 Å². The Hall–Kier alpha value is -7.96. The number of hydrogen-bond acceptors (Lipinski definition) is 18. The van der Waals surface area contributed by atoms with E-state index in [1.807, 2.05) is 36.4 Å². The first-order valence-corrected chi connectivity index (χ1v) is 24.1. The van der Waals surface area contributed by atoms with Crippen molar-refractivity contribution in [2.75, 3.05) is 10.6 Å². The molecule has 67 heavy (non-hydrogen) atoms. The zero-order valence-electron chi connectivity index (χ0n) is 33.9. The Kier molecular flexibility index (Phi) is 12.1. The van der Waals surface area contributed by atoms with Crippen LogP contribution < -0.4 is 10.6 Å². The molecule has 25 heteroatoms. The topological polar surface area (TPSA) is 329 Å². The molecule has 0 radical (unpaired) electrons. The summed E-state index contributed by atoms with van der Waals surface area (Å²) in [6.45, 7) is 1.55. The van der Waals surface area contributed by atoms with Crippen molar-refractivity contribution in [1.29, 1.82) is 5.26 Å². The van der Waals surface area contributed by atoms with Crippen molar-refractivity contribution in [3.63, 3.8) is 0 Å². The van der Waals surface area contributed by atoms with Gasteiger partial charge in [-0.1, -0.05) is 47.7 Å². The molecular weight excluding hydrogens is 949 g/mol. The fourth-order valence-electron chi connectivity index (χ4n) is 6.64. The molecule has 0 atom stereocenters. The quantitative estimate of drug-likeness (QED) is 0.0310. The number of nitrogens with zero attached hydrogens (tertiary/aromatic N) is 8. The Bertz CT molecular complexity index is 3790. The highest BCUT2D eigenvalue weighted by Gasteiger charge is 2.22. The molecular formula is C42H28N10O11S4. The molecule has 2 aromatic heterocycles. The van der Waals surface area contributed by atoms with E-state index in [9.17, 15) is 54.3 Å². The van der Waals surface area contributed by atoms with Crippen molar-refractivity contribution >= 4 is 113 Å².